The van der Waals surface area contributed by atoms with Crippen molar-refractivity contribution in [2.45, 2.75) is 245 Å². The van der Waals surface area contributed by atoms with Gasteiger partial charge in [-0.3, -0.25) is 0 Å². The van der Waals surface area contributed by atoms with Crippen LogP contribution in [-0.2, 0) is 59.6 Å². The fraction of sp³-hybridized carbons (Fsp3) is 0.543. The lowest BCUT2D eigenvalue weighted by molar-refractivity contribution is -0.150. The number of hydrogen-bond donors (Lipinski definition) is 1. The Balaban J connectivity index is 0.700. The highest BCUT2D eigenvalue weighted by atomic mass is 16.8. The van der Waals surface area contributed by atoms with E-state index in [9.17, 15) is 5.11 Å². The first kappa shape index (κ1) is 85.5. The summed E-state index contributed by atoms with van der Waals surface area (Å²) < 4.78 is 127. The van der Waals surface area contributed by atoms with Crippen LogP contribution in [0.2, 0.25) is 0 Å². The Morgan fingerprint density at radius 2 is 0.381 bits per heavy atom. The molecule has 0 bridgehead atoms. The highest BCUT2D eigenvalue weighted by molar-refractivity contribution is 5.45. The summed E-state index contributed by atoms with van der Waals surface area (Å²) in [5.74, 6) is 3.23. The van der Waals surface area contributed by atoms with Gasteiger partial charge >= 0.3 is 0 Å². The van der Waals surface area contributed by atoms with Crippen molar-refractivity contribution in [3.63, 3.8) is 0 Å². The molecule has 7 aromatic carbocycles. The number of benzene rings is 7. The van der Waals surface area contributed by atoms with E-state index < -0.39 is 72.0 Å². The fourth-order valence-corrected chi connectivity index (χ4v) is 13.6. The second kappa shape index (κ2) is 36.2. The summed E-state index contributed by atoms with van der Waals surface area (Å²) in [5, 5.41) is 10.9. The van der Waals surface area contributed by atoms with E-state index in [1.807, 2.05) is 140 Å². The van der Waals surface area contributed by atoms with Crippen LogP contribution in [0, 0.1) is 0 Å². The third-order valence-corrected chi connectivity index (χ3v) is 19.6. The van der Waals surface area contributed by atoms with Crippen molar-refractivity contribution >= 4 is 0 Å². The lowest BCUT2D eigenvalue weighted by Crippen LogP contribution is -2.34. The first-order chi connectivity index (χ1) is 53.2. The lowest BCUT2D eigenvalue weighted by Gasteiger charge is -2.21. The maximum atomic E-state index is 10.9. The van der Waals surface area contributed by atoms with E-state index in [-0.39, 0.29) is 107 Å². The molecule has 21 nitrogen and oxygen atoms in total. The predicted molar refractivity (Wildman–Crippen MR) is 432 cm³/mol. The predicted octanol–water partition coefficient (Wildman–Crippen LogP) is 18.2. The van der Waals surface area contributed by atoms with E-state index in [2.05, 4.69) is 132 Å². The number of rotatable bonds is 36. The number of phenols is 1. The average molecular weight is 1560 g/mol. The van der Waals surface area contributed by atoms with Gasteiger partial charge in [0.05, 0.1) is 26.4 Å². The van der Waals surface area contributed by atoms with Gasteiger partial charge in [-0.05, 0) is 148 Å². The summed E-state index contributed by atoms with van der Waals surface area (Å²) in [5.41, 5.74) is 4.91. The molecular weight excluding hydrogens is 1440 g/mol. The zero-order chi connectivity index (χ0) is 81.2. The monoisotopic (exact) mass is 1560 g/mol. The van der Waals surface area contributed by atoms with Crippen LogP contribution in [-0.4, -0.2) is 156 Å². The molecule has 1 N–H and O–H groups in total. The summed E-state index contributed by atoms with van der Waals surface area (Å²) >= 11 is 0. The highest BCUT2D eigenvalue weighted by Crippen LogP contribution is 2.39. The quantitative estimate of drug-likeness (QED) is 0.0363. The molecule has 4 heterocycles. The van der Waals surface area contributed by atoms with E-state index >= 15 is 0 Å². The van der Waals surface area contributed by atoms with Crippen LogP contribution >= 0.6 is 0 Å². The molecule has 0 spiro atoms. The molecule has 616 valence electrons. The zero-order valence-electron chi connectivity index (χ0n) is 70.1. The van der Waals surface area contributed by atoms with Crippen molar-refractivity contribution in [1.29, 1.82) is 0 Å². The molecule has 7 aromatic rings. The summed E-state index contributed by atoms with van der Waals surface area (Å²) in [6, 6.07) is 48.3. The lowest BCUT2D eigenvalue weighted by atomic mass is 9.87. The van der Waals surface area contributed by atoms with Gasteiger partial charge in [-0.2, -0.15) is 0 Å². The van der Waals surface area contributed by atoms with Crippen LogP contribution in [0.1, 0.15) is 174 Å². The fourth-order valence-electron chi connectivity index (χ4n) is 13.6. The Morgan fingerprint density at radius 1 is 0.230 bits per heavy atom. The zero-order valence-corrected chi connectivity index (χ0v) is 70.1. The first-order valence-corrected chi connectivity index (χ1v) is 39.7. The minimum absolute atomic E-state index is 0.0126. The second-order valence-electron chi connectivity index (χ2n) is 35.5. The Labute approximate surface area is 669 Å². The van der Waals surface area contributed by atoms with Crippen LogP contribution < -0.4 is 56.8 Å². The number of phenolic OH excluding ortho intramolecular Hbond substituents is 1. The van der Waals surface area contributed by atoms with Gasteiger partial charge in [0.15, 0.2) is 23.1 Å². The number of aromatic hydroxyl groups is 1. The molecule has 4 fully saturated rings. The molecule has 0 amide bonds. The summed E-state index contributed by atoms with van der Waals surface area (Å²) in [6.45, 7) is 43.9. The number of ether oxygens (including phenoxy) is 20. The Morgan fingerprint density at radius 3 is 0.549 bits per heavy atom. The molecule has 0 radical (unpaired) electrons. The van der Waals surface area contributed by atoms with Crippen LogP contribution in [0.15, 0.2) is 152 Å². The largest absolute Gasteiger partial charge is 0.508 e. The van der Waals surface area contributed by atoms with Crippen molar-refractivity contribution < 1.29 is 99.8 Å². The van der Waals surface area contributed by atoms with Gasteiger partial charge in [-0.1, -0.05) is 132 Å². The Hall–Kier alpha value is -8.38. The molecule has 113 heavy (non-hydrogen) atoms. The molecule has 0 aliphatic carbocycles. The van der Waals surface area contributed by atoms with E-state index in [1.165, 1.54) is 22.3 Å². The van der Waals surface area contributed by atoms with Crippen LogP contribution in [0.25, 0.3) is 0 Å². The van der Waals surface area contributed by atoms with Crippen molar-refractivity contribution in [3.8, 4) is 74.7 Å². The van der Waals surface area contributed by atoms with Gasteiger partial charge < -0.3 is 99.8 Å². The van der Waals surface area contributed by atoms with E-state index in [0.29, 0.717) is 58.8 Å². The van der Waals surface area contributed by atoms with E-state index in [4.69, 9.17) is 94.7 Å². The molecular formula is C92H122O21. The molecule has 4 saturated heterocycles. The third kappa shape index (κ3) is 25.8. The minimum Gasteiger partial charge on any atom is -0.508 e. The minimum atomic E-state index is -0.873. The molecule has 4 aliphatic rings. The molecule has 21 heteroatoms. The molecule has 11 rings (SSSR count). The Kier molecular flexibility index (Phi) is 27.4. The number of hydrogen-bond acceptors (Lipinski definition) is 21. The molecule has 0 saturated carbocycles. The van der Waals surface area contributed by atoms with Gasteiger partial charge in [-0.25, -0.2) is 0 Å². The summed E-state index contributed by atoms with van der Waals surface area (Å²) in [6.07, 6.45) is -2.66. The maximum absolute atomic E-state index is 10.9. The van der Waals surface area contributed by atoms with Crippen molar-refractivity contribution in [1.82, 2.24) is 0 Å². The Bertz CT molecular complexity index is 3660. The van der Waals surface area contributed by atoms with Gasteiger partial charge in [-0.15, -0.1) is 0 Å². The highest BCUT2D eigenvalue weighted by Gasteiger charge is 2.46. The first-order valence-electron chi connectivity index (χ1n) is 39.7. The SMILES string of the molecule is CC1(C)O[C@@H](COc2ccc(C(C)(C)C)cc2)[C@H](COc2cc(OCCCOc3cc(O)cc(OCCCOc4cc(OC[C@@H]5OC(C)(C)O[C@H]5COc5ccc(C(C)(C)C)cc5)cc(OC[C@@H]5OC(C)(C)O[C@H]5COc5ccc(C(C)(C)C)cc5)c4)c3)cc(OC[C@@H]3OC(C)(C)O[C@H]3COc3ccc(C(C)(C)C)cc3)c2)O1. The van der Waals surface area contributed by atoms with E-state index in [0.717, 1.165) is 23.0 Å². The summed E-state index contributed by atoms with van der Waals surface area (Å²) in [7, 11) is 0. The smallest absolute Gasteiger partial charge is 0.164 e. The molecule has 8 atom stereocenters. The van der Waals surface area contributed by atoms with Crippen molar-refractivity contribution in [3.05, 3.63) is 174 Å². The van der Waals surface area contributed by atoms with Crippen LogP contribution in [0.4, 0.5) is 0 Å². The van der Waals surface area contributed by atoms with Crippen LogP contribution in [0.3, 0.4) is 0 Å². The van der Waals surface area contributed by atoms with E-state index in [1.54, 1.807) is 18.2 Å². The molecule has 0 aromatic heterocycles. The summed E-state index contributed by atoms with van der Waals surface area (Å²) in [4.78, 5) is 0. The maximum Gasteiger partial charge on any atom is 0.164 e. The standard InChI is InChI=1S/C92H122O21/c1-85(2,3)60-23-31-65(32-24-60)98-52-77-81(110-89(13,14)106-77)56-102-73-46-71(47-74(50-73)103-57-82-78(107-90(15,16)111-82)53-99-66-33-25-61(26-34-66)86(4,5)6)96-41-21-39-94-69-43-64(93)44-70(45-69)95-40-22-42-97-72-48-75(104-58-83-79(108-91(17,18)112-83)54-100-67-35-27-62(28-36-67)87(7,8)9)51-76(49-72)105-59-84-80(109-92(19,20)113-84)55-101-68-37-29-63(30-38-68)88(10,11)12/h23-38,43-51,77-84,93H,21-22,39-42,52-59H2,1-20H3/t77-,78-,79-,80-,81-,82-,83-,84-/m0/s1. The van der Waals surface area contributed by atoms with Crippen molar-refractivity contribution in [2.24, 2.45) is 0 Å². The van der Waals surface area contributed by atoms with Crippen molar-refractivity contribution in [2.75, 3.05) is 79.3 Å². The molecule has 4 aliphatic heterocycles. The normalized spacial score (nSPS) is 21.8. The second-order valence-corrected chi connectivity index (χ2v) is 35.5. The van der Waals surface area contributed by atoms with Gasteiger partial charge in [0.1, 0.15) is 176 Å². The van der Waals surface area contributed by atoms with Gasteiger partial charge in [0, 0.05) is 67.4 Å². The van der Waals surface area contributed by atoms with Crippen LogP contribution in [0.5, 0.6) is 74.7 Å². The molecule has 0 unspecified atom stereocenters. The topological polar surface area (TPSA) is 205 Å². The van der Waals surface area contributed by atoms with Gasteiger partial charge in [0.2, 0.25) is 0 Å². The van der Waals surface area contributed by atoms with Gasteiger partial charge in [0.25, 0.3) is 0 Å². The third-order valence-electron chi connectivity index (χ3n) is 19.6. The average Bonchev–Trinajstić information content (AvgIpc) is 1.69.